The average molecular weight is 514 g/mol. The van der Waals surface area contributed by atoms with Crippen LogP contribution in [0.5, 0.6) is 0 Å². The van der Waals surface area contributed by atoms with E-state index in [1.54, 1.807) is 12.4 Å². The summed E-state index contributed by atoms with van der Waals surface area (Å²) < 4.78 is 0. The molecule has 0 radical (unpaired) electrons. The van der Waals surface area contributed by atoms with Crippen LogP contribution >= 0.6 is 0 Å². The van der Waals surface area contributed by atoms with Gasteiger partial charge in [0.1, 0.15) is 0 Å². The van der Waals surface area contributed by atoms with Crippen molar-refractivity contribution in [1.82, 2.24) is 24.9 Å². The first-order valence-corrected chi connectivity index (χ1v) is 13.1. The maximum atomic E-state index is 5.02. The summed E-state index contributed by atoms with van der Waals surface area (Å²) in [6.45, 7) is 0. The minimum atomic E-state index is 0.629. The number of benzene rings is 5. The molecule has 0 amide bonds. The van der Waals surface area contributed by atoms with Gasteiger partial charge in [-0.05, 0) is 28.5 Å². The maximum absolute atomic E-state index is 5.02. The summed E-state index contributed by atoms with van der Waals surface area (Å²) in [5, 5.41) is 2.28. The van der Waals surface area contributed by atoms with E-state index in [0.717, 1.165) is 44.2 Å². The lowest BCUT2D eigenvalue weighted by Crippen LogP contribution is -2.01. The van der Waals surface area contributed by atoms with Crippen LogP contribution in [-0.4, -0.2) is 24.9 Å². The fourth-order valence-electron chi connectivity index (χ4n) is 4.93. The standard InChI is InChI=1S/C35H23N5/c1-3-11-26(12-4-1)33-38-34(27-13-5-2-6-14-27)40-35(39-33)30-21-20-24-10-7-8-15-29(24)31(30)25-16-18-28(19-17-25)32-36-22-9-23-37-32/h1-23H. The molecule has 188 valence electrons. The third-order valence-corrected chi connectivity index (χ3v) is 6.87. The highest BCUT2D eigenvalue weighted by molar-refractivity contribution is 6.03. The molecule has 7 aromatic rings. The van der Waals surface area contributed by atoms with Crippen molar-refractivity contribution < 1.29 is 0 Å². The highest BCUT2D eigenvalue weighted by Gasteiger charge is 2.18. The van der Waals surface area contributed by atoms with Crippen LogP contribution in [0.4, 0.5) is 0 Å². The van der Waals surface area contributed by atoms with E-state index in [4.69, 9.17) is 15.0 Å². The van der Waals surface area contributed by atoms with Gasteiger partial charge in [0.15, 0.2) is 23.3 Å². The van der Waals surface area contributed by atoms with Crippen LogP contribution in [0.3, 0.4) is 0 Å². The molecule has 2 aromatic heterocycles. The molecule has 5 aromatic carbocycles. The Balaban J connectivity index is 1.46. The van der Waals surface area contributed by atoms with E-state index in [9.17, 15) is 0 Å². The topological polar surface area (TPSA) is 64.5 Å². The Hall–Kier alpha value is -5.55. The molecule has 0 aliphatic carbocycles. The Kier molecular flexibility index (Phi) is 6.07. The molecule has 0 fully saturated rings. The monoisotopic (exact) mass is 513 g/mol. The third kappa shape index (κ3) is 4.50. The van der Waals surface area contributed by atoms with Crippen LogP contribution < -0.4 is 0 Å². The molecule has 0 saturated heterocycles. The molecular weight excluding hydrogens is 490 g/mol. The van der Waals surface area contributed by atoms with E-state index in [-0.39, 0.29) is 0 Å². The van der Waals surface area contributed by atoms with Crippen LogP contribution in [0.1, 0.15) is 0 Å². The highest BCUT2D eigenvalue weighted by Crippen LogP contribution is 2.38. The van der Waals surface area contributed by atoms with E-state index >= 15 is 0 Å². The largest absolute Gasteiger partial charge is 0.237 e. The molecule has 5 nitrogen and oxygen atoms in total. The van der Waals surface area contributed by atoms with E-state index in [1.165, 1.54) is 0 Å². The van der Waals surface area contributed by atoms with Gasteiger partial charge in [-0.3, -0.25) is 0 Å². The zero-order valence-corrected chi connectivity index (χ0v) is 21.5. The summed E-state index contributed by atoms with van der Waals surface area (Å²) in [5.74, 6) is 2.61. The second kappa shape index (κ2) is 10.3. The van der Waals surface area contributed by atoms with Gasteiger partial charge in [0.25, 0.3) is 0 Å². The zero-order valence-electron chi connectivity index (χ0n) is 21.5. The van der Waals surface area contributed by atoms with Crippen molar-refractivity contribution in [3.05, 3.63) is 140 Å². The van der Waals surface area contributed by atoms with E-state index in [1.807, 2.05) is 66.7 Å². The lowest BCUT2D eigenvalue weighted by atomic mass is 9.92. The number of hydrogen-bond donors (Lipinski definition) is 0. The van der Waals surface area contributed by atoms with Crippen molar-refractivity contribution in [2.75, 3.05) is 0 Å². The van der Waals surface area contributed by atoms with Gasteiger partial charge >= 0.3 is 0 Å². The molecule has 2 heterocycles. The van der Waals surface area contributed by atoms with Crippen molar-refractivity contribution in [2.24, 2.45) is 0 Å². The molecule has 0 bridgehead atoms. The Labute approximate surface area is 231 Å². The fourth-order valence-corrected chi connectivity index (χ4v) is 4.93. The molecule has 0 atom stereocenters. The quantitative estimate of drug-likeness (QED) is 0.232. The molecule has 0 aliphatic rings. The van der Waals surface area contributed by atoms with Crippen molar-refractivity contribution in [2.45, 2.75) is 0 Å². The molecule has 5 heteroatoms. The summed E-state index contributed by atoms with van der Waals surface area (Å²) in [5.41, 5.74) is 5.93. The first-order valence-electron chi connectivity index (χ1n) is 13.1. The minimum absolute atomic E-state index is 0.629. The molecule has 0 spiro atoms. The molecule has 0 N–H and O–H groups in total. The van der Waals surface area contributed by atoms with Crippen LogP contribution in [-0.2, 0) is 0 Å². The molecule has 0 unspecified atom stereocenters. The first-order chi connectivity index (χ1) is 19.8. The highest BCUT2D eigenvalue weighted by atomic mass is 15.0. The minimum Gasteiger partial charge on any atom is -0.237 e. The van der Waals surface area contributed by atoms with Crippen LogP contribution in [0.25, 0.3) is 67.5 Å². The maximum Gasteiger partial charge on any atom is 0.164 e. The number of fused-ring (bicyclic) bond motifs is 1. The average Bonchev–Trinajstić information content (AvgIpc) is 3.05. The van der Waals surface area contributed by atoms with E-state index < -0.39 is 0 Å². The molecule has 7 rings (SSSR count). The third-order valence-electron chi connectivity index (χ3n) is 6.87. The predicted molar refractivity (Wildman–Crippen MR) is 160 cm³/mol. The van der Waals surface area contributed by atoms with Gasteiger partial charge < -0.3 is 0 Å². The van der Waals surface area contributed by atoms with Crippen LogP contribution in [0.15, 0.2) is 140 Å². The lowest BCUT2D eigenvalue weighted by Gasteiger charge is -2.15. The Morgan fingerprint density at radius 2 is 0.875 bits per heavy atom. The number of nitrogens with zero attached hydrogens (tertiary/aromatic N) is 5. The zero-order chi connectivity index (χ0) is 26.7. The van der Waals surface area contributed by atoms with Crippen LogP contribution in [0, 0.1) is 0 Å². The Morgan fingerprint density at radius 1 is 0.350 bits per heavy atom. The van der Waals surface area contributed by atoms with E-state index in [0.29, 0.717) is 23.3 Å². The summed E-state index contributed by atoms with van der Waals surface area (Å²) in [4.78, 5) is 23.7. The molecule has 40 heavy (non-hydrogen) atoms. The van der Waals surface area contributed by atoms with Gasteiger partial charge in [0, 0.05) is 40.2 Å². The van der Waals surface area contributed by atoms with Crippen molar-refractivity contribution in [1.29, 1.82) is 0 Å². The van der Waals surface area contributed by atoms with Crippen molar-refractivity contribution in [3.63, 3.8) is 0 Å². The second-order valence-electron chi connectivity index (χ2n) is 9.40. The van der Waals surface area contributed by atoms with Gasteiger partial charge in [-0.1, -0.05) is 115 Å². The summed E-state index contributed by atoms with van der Waals surface area (Å²) in [6.07, 6.45) is 3.52. The number of hydrogen-bond acceptors (Lipinski definition) is 5. The fraction of sp³-hybridized carbons (Fsp3) is 0. The summed E-state index contributed by atoms with van der Waals surface area (Å²) >= 11 is 0. The SMILES string of the molecule is c1ccc(-c2nc(-c3ccccc3)nc(-c3ccc4ccccc4c3-c3ccc(-c4ncccn4)cc3)n2)cc1. The molecule has 0 aliphatic heterocycles. The van der Waals surface area contributed by atoms with E-state index in [2.05, 4.69) is 70.6 Å². The smallest absolute Gasteiger partial charge is 0.164 e. The van der Waals surface area contributed by atoms with Crippen molar-refractivity contribution >= 4 is 10.8 Å². The first kappa shape index (κ1) is 23.6. The second-order valence-corrected chi connectivity index (χ2v) is 9.40. The Morgan fingerprint density at radius 3 is 1.52 bits per heavy atom. The normalized spacial score (nSPS) is 11.0. The van der Waals surface area contributed by atoms with Gasteiger partial charge in [-0.15, -0.1) is 0 Å². The molecule has 0 saturated carbocycles. The van der Waals surface area contributed by atoms with Gasteiger partial charge in [0.2, 0.25) is 0 Å². The van der Waals surface area contributed by atoms with Gasteiger partial charge in [0.05, 0.1) is 0 Å². The Bertz CT molecular complexity index is 1860. The summed E-state index contributed by atoms with van der Waals surface area (Å²) in [7, 11) is 0. The summed E-state index contributed by atoms with van der Waals surface area (Å²) in [6, 6.07) is 43.0. The number of aromatic nitrogens is 5. The van der Waals surface area contributed by atoms with Crippen molar-refractivity contribution in [3.8, 4) is 56.7 Å². The van der Waals surface area contributed by atoms with Crippen LogP contribution in [0.2, 0.25) is 0 Å². The predicted octanol–water partition coefficient (Wildman–Crippen LogP) is 8.15. The lowest BCUT2D eigenvalue weighted by molar-refractivity contribution is 1.07. The molecular formula is C35H23N5. The van der Waals surface area contributed by atoms with Gasteiger partial charge in [-0.25, -0.2) is 24.9 Å². The number of rotatable bonds is 5. The van der Waals surface area contributed by atoms with Gasteiger partial charge in [-0.2, -0.15) is 0 Å².